The minimum absolute atomic E-state index is 0.00129. The van der Waals surface area contributed by atoms with Crippen molar-refractivity contribution in [3.63, 3.8) is 0 Å². The highest BCUT2D eigenvalue weighted by molar-refractivity contribution is 5.89. The molecule has 1 atom stereocenters. The van der Waals surface area contributed by atoms with Gasteiger partial charge in [0, 0.05) is 19.3 Å². The molecule has 148 valence electrons. The molecule has 4 rings (SSSR count). The largest absolute Gasteiger partial charge is 0.346 e. The van der Waals surface area contributed by atoms with Gasteiger partial charge in [-0.1, -0.05) is 0 Å². The monoisotopic (exact) mass is 400 g/mol. The molecule has 0 aliphatic carbocycles. The Hall–Kier alpha value is -3.76. The van der Waals surface area contributed by atoms with Gasteiger partial charge in [0.15, 0.2) is 5.65 Å². The quantitative estimate of drug-likeness (QED) is 0.530. The van der Waals surface area contributed by atoms with Gasteiger partial charge in [-0.3, -0.25) is 4.98 Å². The number of aryl methyl sites for hydroxylation is 1. The molecule has 0 saturated carbocycles. The van der Waals surface area contributed by atoms with Crippen LogP contribution in [0.1, 0.15) is 18.7 Å². The second kappa shape index (κ2) is 7.34. The minimum Gasteiger partial charge on any atom is -0.346 e. The Morgan fingerprint density at radius 1 is 1.00 bits per heavy atom. The molecule has 4 heterocycles. The van der Waals surface area contributed by atoms with E-state index in [1.807, 2.05) is 0 Å². The normalized spacial score (nSPS) is 12.2. The van der Waals surface area contributed by atoms with Crippen LogP contribution in [0.4, 0.5) is 30.8 Å². The minimum atomic E-state index is -0.794. The number of fused-ring (bicyclic) bond motifs is 1. The molecule has 0 aliphatic heterocycles. The van der Waals surface area contributed by atoms with E-state index in [-0.39, 0.29) is 23.1 Å². The van der Waals surface area contributed by atoms with Gasteiger partial charge >= 0.3 is 0 Å². The van der Waals surface area contributed by atoms with Crippen LogP contribution in [0.3, 0.4) is 0 Å². The van der Waals surface area contributed by atoms with Crippen LogP contribution in [0, 0.1) is 17.5 Å². The zero-order valence-corrected chi connectivity index (χ0v) is 15.4. The molecule has 0 bridgehead atoms. The molecule has 0 aromatic carbocycles. The van der Waals surface area contributed by atoms with Crippen LogP contribution in [0.15, 0.2) is 37.1 Å². The van der Waals surface area contributed by atoms with Crippen molar-refractivity contribution >= 4 is 28.6 Å². The van der Waals surface area contributed by atoms with Crippen molar-refractivity contribution in [1.29, 1.82) is 0 Å². The van der Waals surface area contributed by atoms with Gasteiger partial charge in [0.1, 0.15) is 29.1 Å². The first-order valence-electron chi connectivity index (χ1n) is 8.55. The van der Waals surface area contributed by atoms with Crippen LogP contribution < -0.4 is 10.6 Å². The van der Waals surface area contributed by atoms with Gasteiger partial charge in [0.05, 0.1) is 35.8 Å². The zero-order chi connectivity index (χ0) is 20.5. The third kappa shape index (κ3) is 3.93. The lowest BCUT2D eigenvalue weighted by molar-refractivity contribution is 0.550. The van der Waals surface area contributed by atoms with Crippen LogP contribution in [0.25, 0.3) is 11.0 Å². The fourth-order valence-corrected chi connectivity index (χ4v) is 2.75. The lowest BCUT2D eigenvalue weighted by Crippen LogP contribution is -2.14. The number of nitrogens with one attached hydrogen (secondary N) is 2. The molecule has 0 amide bonds. The second-order valence-corrected chi connectivity index (χ2v) is 6.36. The Bertz CT molecular complexity index is 1190. The van der Waals surface area contributed by atoms with E-state index in [9.17, 15) is 13.2 Å². The first-order valence-corrected chi connectivity index (χ1v) is 8.55. The average molecular weight is 400 g/mol. The average Bonchev–Trinajstić information content (AvgIpc) is 3.07. The number of aromatic nitrogens is 6. The van der Waals surface area contributed by atoms with Gasteiger partial charge in [-0.2, -0.15) is 9.97 Å². The van der Waals surface area contributed by atoms with Crippen LogP contribution in [-0.4, -0.2) is 29.5 Å². The Morgan fingerprint density at radius 2 is 1.76 bits per heavy atom. The first kappa shape index (κ1) is 18.6. The molecule has 0 spiro atoms. The Labute approximate surface area is 162 Å². The van der Waals surface area contributed by atoms with E-state index in [1.165, 1.54) is 6.07 Å². The third-order valence-corrected chi connectivity index (χ3v) is 4.06. The Balaban J connectivity index is 1.71. The SMILES string of the molecule is C[C@@H](Nc1nc(Nc2cn(C)cn2)c2cc(F)cnc2n1)c1ncc(F)cc1F. The number of hydrogen-bond donors (Lipinski definition) is 2. The van der Waals surface area contributed by atoms with E-state index in [1.54, 1.807) is 31.1 Å². The maximum absolute atomic E-state index is 14.0. The van der Waals surface area contributed by atoms with Gasteiger partial charge in [-0.05, 0) is 13.0 Å². The molecule has 11 heteroatoms. The number of imidazole rings is 1. The summed E-state index contributed by atoms with van der Waals surface area (Å²) in [7, 11) is 1.80. The predicted octanol–water partition coefficient (Wildman–Crippen LogP) is 3.49. The Kier molecular flexibility index (Phi) is 4.71. The van der Waals surface area contributed by atoms with Crippen molar-refractivity contribution < 1.29 is 13.2 Å². The van der Waals surface area contributed by atoms with Gasteiger partial charge in [0.2, 0.25) is 5.95 Å². The topological polar surface area (TPSA) is 93.4 Å². The predicted molar refractivity (Wildman–Crippen MR) is 100.0 cm³/mol. The van der Waals surface area contributed by atoms with Crippen molar-refractivity contribution in [3.8, 4) is 0 Å². The van der Waals surface area contributed by atoms with Crippen LogP contribution in [-0.2, 0) is 7.05 Å². The molecule has 0 radical (unpaired) electrons. The van der Waals surface area contributed by atoms with Gasteiger partial charge in [0.25, 0.3) is 0 Å². The summed E-state index contributed by atoms with van der Waals surface area (Å²) in [4.78, 5) is 20.5. The van der Waals surface area contributed by atoms with Crippen molar-refractivity contribution in [3.05, 3.63) is 60.2 Å². The first-order chi connectivity index (χ1) is 13.9. The lowest BCUT2D eigenvalue weighted by Gasteiger charge is -2.15. The van der Waals surface area contributed by atoms with Gasteiger partial charge in [-0.25, -0.2) is 23.1 Å². The summed E-state index contributed by atoms with van der Waals surface area (Å²) in [6, 6.07) is 1.33. The van der Waals surface area contributed by atoms with Crippen molar-refractivity contribution in [2.24, 2.45) is 7.05 Å². The molecule has 4 aromatic heterocycles. The van der Waals surface area contributed by atoms with Crippen LogP contribution in [0.2, 0.25) is 0 Å². The highest BCUT2D eigenvalue weighted by Crippen LogP contribution is 2.26. The van der Waals surface area contributed by atoms with E-state index in [2.05, 4.69) is 35.6 Å². The molecule has 29 heavy (non-hydrogen) atoms. The highest BCUT2D eigenvalue weighted by atomic mass is 19.1. The highest BCUT2D eigenvalue weighted by Gasteiger charge is 2.17. The molecule has 4 aromatic rings. The maximum atomic E-state index is 14.0. The number of halogens is 3. The summed E-state index contributed by atoms with van der Waals surface area (Å²) < 4.78 is 42.6. The summed E-state index contributed by atoms with van der Waals surface area (Å²) in [5.74, 6) is -1.25. The van der Waals surface area contributed by atoms with E-state index < -0.39 is 23.5 Å². The number of nitrogens with zero attached hydrogens (tertiary/aromatic N) is 6. The van der Waals surface area contributed by atoms with E-state index in [0.29, 0.717) is 11.2 Å². The summed E-state index contributed by atoms with van der Waals surface area (Å²) >= 11 is 0. The molecule has 0 unspecified atom stereocenters. The smallest absolute Gasteiger partial charge is 0.227 e. The van der Waals surface area contributed by atoms with Crippen molar-refractivity contribution in [2.45, 2.75) is 13.0 Å². The van der Waals surface area contributed by atoms with E-state index in [4.69, 9.17) is 0 Å². The summed E-state index contributed by atoms with van der Waals surface area (Å²) in [5.41, 5.74) is 0.225. The fourth-order valence-electron chi connectivity index (χ4n) is 2.75. The van der Waals surface area contributed by atoms with Crippen molar-refractivity contribution in [2.75, 3.05) is 10.6 Å². The lowest BCUT2D eigenvalue weighted by atomic mass is 10.2. The summed E-state index contributed by atoms with van der Waals surface area (Å²) in [6.07, 6.45) is 5.27. The third-order valence-electron chi connectivity index (χ3n) is 4.06. The molecule has 0 fully saturated rings. The van der Waals surface area contributed by atoms with E-state index >= 15 is 0 Å². The maximum Gasteiger partial charge on any atom is 0.227 e. The molecule has 2 N–H and O–H groups in total. The summed E-state index contributed by atoms with van der Waals surface area (Å²) in [5, 5.41) is 6.26. The molecule has 8 nitrogen and oxygen atoms in total. The molecule has 0 saturated heterocycles. The second-order valence-electron chi connectivity index (χ2n) is 6.36. The zero-order valence-electron chi connectivity index (χ0n) is 15.4. The number of anilines is 3. The van der Waals surface area contributed by atoms with Gasteiger partial charge < -0.3 is 15.2 Å². The Morgan fingerprint density at radius 3 is 2.48 bits per heavy atom. The standard InChI is InChI=1S/C18H15F3N8/c1-9(15-13(21)4-11(20)5-22-15)25-18-27-16-12(3-10(19)6-23-16)17(28-18)26-14-7-29(2)8-24-14/h3-9H,1-2H3,(H2,23,25,26,27,28)/t9-/m1/s1. The summed E-state index contributed by atoms with van der Waals surface area (Å²) in [6.45, 7) is 1.63. The number of rotatable bonds is 5. The molecule has 0 aliphatic rings. The van der Waals surface area contributed by atoms with Crippen molar-refractivity contribution in [1.82, 2.24) is 29.5 Å². The number of pyridine rings is 2. The van der Waals surface area contributed by atoms with Crippen LogP contribution >= 0.6 is 0 Å². The van der Waals surface area contributed by atoms with Crippen LogP contribution in [0.5, 0.6) is 0 Å². The molecular formula is C18H15F3N8. The van der Waals surface area contributed by atoms with E-state index in [0.717, 1.165) is 18.5 Å². The number of hydrogen-bond acceptors (Lipinski definition) is 7. The van der Waals surface area contributed by atoms with Gasteiger partial charge in [-0.15, -0.1) is 0 Å². The fraction of sp³-hybridized carbons (Fsp3) is 0.167. The molecular weight excluding hydrogens is 385 g/mol.